The molecule has 0 spiro atoms. The Morgan fingerprint density at radius 3 is 1.00 bits per heavy atom. The highest BCUT2D eigenvalue weighted by Gasteiger charge is 2.27. The van der Waals surface area contributed by atoms with Gasteiger partial charge in [-0.05, 0) is 89.9 Å². The monoisotopic (exact) mass is 1140 g/mol. The summed E-state index contributed by atoms with van der Waals surface area (Å²) in [6.45, 7) is 4.22. The van der Waals surface area contributed by atoms with Crippen LogP contribution in [0.1, 0.15) is 284 Å². The zero-order valence-corrected chi connectivity index (χ0v) is 53.4. The molecule has 0 radical (unpaired) electrons. The quantitative estimate of drug-likeness (QED) is 0.0211. The zero-order chi connectivity index (χ0) is 58.4. The number of phosphoric acid groups is 1. The largest absolute Gasteiger partial charge is 0.472 e. The van der Waals surface area contributed by atoms with Crippen molar-refractivity contribution in [3.63, 3.8) is 0 Å². The van der Waals surface area contributed by atoms with Crippen LogP contribution in [0.3, 0.4) is 0 Å². The molecule has 0 bridgehead atoms. The van der Waals surface area contributed by atoms with Gasteiger partial charge < -0.3 is 18.9 Å². The van der Waals surface area contributed by atoms with Crippen LogP contribution in [0.15, 0.2) is 97.2 Å². The number of quaternary nitrogens is 1. The van der Waals surface area contributed by atoms with Crippen molar-refractivity contribution in [3.05, 3.63) is 97.2 Å². The van der Waals surface area contributed by atoms with Crippen molar-refractivity contribution >= 4 is 19.8 Å². The molecule has 0 aromatic rings. The SMILES string of the molecule is CC/C=C\C/C=C\C/C=C\C/C=C\C/C=C\CCCCCCCCCCCCCCCCCCCCCCCCCC(=O)OC(COC(=O)CCCCCCCCC/C=C\C/C=C\C/C=C\CC)COP(=O)(O)OCC[N+](C)(C)C. The maximum Gasteiger partial charge on any atom is 0.472 e. The summed E-state index contributed by atoms with van der Waals surface area (Å²) < 4.78 is 34.6. The number of esters is 2. The molecule has 10 heteroatoms. The molecule has 0 saturated carbocycles. The van der Waals surface area contributed by atoms with E-state index in [1.165, 1.54) is 154 Å². The number of unbranched alkanes of at least 4 members (excludes halogenated alkanes) is 30. The van der Waals surface area contributed by atoms with E-state index in [0.29, 0.717) is 17.4 Å². The van der Waals surface area contributed by atoms with Gasteiger partial charge in [0.2, 0.25) is 0 Å². The van der Waals surface area contributed by atoms with Gasteiger partial charge in [0.15, 0.2) is 6.10 Å². The van der Waals surface area contributed by atoms with E-state index in [4.69, 9.17) is 18.5 Å². The smallest absolute Gasteiger partial charge is 0.462 e. The average Bonchev–Trinajstić information content (AvgIpc) is 3.42. The summed E-state index contributed by atoms with van der Waals surface area (Å²) in [4.78, 5) is 35.7. The van der Waals surface area contributed by atoms with E-state index in [9.17, 15) is 19.0 Å². The number of carbonyl (C=O) groups is 2. The molecule has 80 heavy (non-hydrogen) atoms. The van der Waals surface area contributed by atoms with Crippen LogP contribution in [0.25, 0.3) is 0 Å². The highest BCUT2D eigenvalue weighted by molar-refractivity contribution is 7.47. The second kappa shape index (κ2) is 60.5. The number of rotatable bonds is 60. The van der Waals surface area contributed by atoms with E-state index in [0.717, 1.165) is 96.3 Å². The third kappa shape index (κ3) is 64.1. The fraction of sp³-hybridized carbons (Fsp3) is 0.743. The van der Waals surface area contributed by atoms with E-state index >= 15 is 0 Å². The number of hydrogen-bond donors (Lipinski definition) is 1. The number of nitrogens with zero attached hydrogens (tertiary/aromatic N) is 1. The number of likely N-dealkylation sites (N-methyl/N-ethyl adjacent to an activating group) is 1. The van der Waals surface area contributed by atoms with Crippen LogP contribution in [-0.2, 0) is 32.7 Å². The molecule has 462 valence electrons. The van der Waals surface area contributed by atoms with Gasteiger partial charge in [-0.2, -0.15) is 0 Å². The number of carbonyl (C=O) groups excluding carboxylic acids is 2. The lowest BCUT2D eigenvalue weighted by Gasteiger charge is -2.24. The molecule has 0 aromatic carbocycles. The number of hydrogen-bond acceptors (Lipinski definition) is 7. The minimum Gasteiger partial charge on any atom is -0.462 e. The number of phosphoric ester groups is 1. The first-order valence-corrected chi connectivity index (χ1v) is 34.5. The molecule has 0 aliphatic rings. The first kappa shape index (κ1) is 76.9. The van der Waals surface area contributed by atoms with E-state index in [1.807, 2.05) is 21.1 Å². The van der Waals surface area contributed by atoms with Crippen molar-refractivity contribution in [2.24, 2.45) is 0 Å². The Balaban J connectivity index is 3.95. The standard InChI is InChI=1S/C70H124NO8P/c1-6-8-10-12-14-16-18-20-22-24-25-26-27-28-29-30-31-32-33-34-35-36-37-38-39-40-41-42-43-44-45-47-49-51-53-55-57-59-61-63-70(73)79-68(67-78-80(74,75)77-65-64-71(3,4)5)66-76-69(72)62-60-58-56-54-52-50-48-46-23-21-19-17-15-13-11-9-7-2/h8-11,14-17,20-23,25-26,28-29,68H,6-7,12-13,18-19,24,27,30-67H2,1-5H3/p+1/b10-8-,11-9-,16-14-,17-15-,22-20-,23-21-,26-25-,29-28-. The van der Waals surface area contributed by atoms with Crippen molar-refractivity contribution in [2.45, 2.75) is 290 Å². The first-order chi connectivity index (χ1) is 39.0. The van der Waals surface area contributed by atoms with Crippen LogP contribution < -0.4 is 0 Å². The highest BCUT2D eigenvalue weighted by Crippen LogP contribution is 2.43. The van der Waals surface area contributed by atoms with Crippen LogP contribution in [0.4, 0.5) is 0 Å². The lowest BCUT2D eigenvalue weighted by molar-refractivity contribution is -0.870. The molecule has 0 heterocycles. The van der Waals surface area contributed by atoms with Crippen molar-refractivity contribution in [2.75, 3.05) is 47.5 Å². The van der Waals surface area contributed by atoms with Gasteiger partial charge in [0, 0.05) is 12.8 Å². The fourth-order valence-corrected chi connectivity index (χ4v) is 9.86. The zero-order valence-electron chi connectivity index (χ0n) is 52.5. The Labute approximate surface area is 493 Å². The lowest BCUT2D eigenvalue weighted by Crippen LogP contribution is -2.37. The van der Waals surface area contributed by atoms with E-state index in [-0.39, 0.29) is 32.0 Å². The predicted octanol–water partition coefficient (Wildman–Crippen LogP) is 21.2. The summed E-state index contributed by atoms with van der Waals surface area (Å²) in [5, 5.41) is 0. The maximum absolute atomic E-state index is 12.8. The van der Waals surface area contributed by atoms with Gasteiger partial charge in [-0.25, -0.2) is 4.57 Å². The minimum absolute atomic E-state index is 0.0283. The molecule has 0 rings (SSSR count). The molecular formula is C70H125NO8P+. The summed E-state index contributed by atoms with van der Waals surface area (Å²) in [6, 6.07) is 0. The topological polar surface area (TPSA) is 108 Å². The van der Waals surface area contributed by atoms with Crippen molar-refractivity contribution < 1.29 is 42.1 Å². The van der Waals surface area contributed by atoms with Crippen LogP contribution >= 0.6 is 7.82 Å². The predicted molar refractivity (Wildman–Crippen MR) is 344 cm³/mol. The van der Waals surface area contributed by atoms with E-state index < -0.39 is 26.5 Å². The summed E-state index contributed by atoms with van der Waals surface area (Å²) in [5.41, 5.74) is 0. The second-order valence-electron chi connectivity index (χ2n) is 23.1. The van der Waals surface area contributed by atoms with Crippen LogP contribution in [0, 0.1) is 0 Å². The highest BCUT2D eigenvalue weighted by atomic mass is 31.2. The molecule has 0 aromatic heterocycles. The Hall–Kier alpha value is -3.07. The first-order valence-electron chi connectivity index (χ1n) is 33.0. The number of allylic oxidation sites excluding steroid dienone is 16. The second-order valence-corrected chi connectivity index (χ2v) is 24.5. The van der Waals surface area contributed by atoms with E-state index in [2.05, 4.69) is 111 Å². The van der Waals surface area contributed by atoms with Crippen LogP contribution in [0.5, 0.6) is 0 Å². The number of ether oxygens (including phenoxy) is 2. The average molecular weight is 1140 g/mol. The molecule has 2 atom stereocenters. The molecule has 0 saturated heterocycles. The van der Waals surface area contributed by atoms with Crippen molar-refractivity contribution in [1.29, 1.82) is 0 Å². The Morgan fingerprint density at radius 2 is 0.675 bits per heavy atom. The lowest BCUT2D eigenvalue weighted by atomic mass is 10.0. The molecule has 0 aliphatic heterocycles. The molecule has 1 N–H and O–H groups in total. The third-order valence-corrected chi connectivity index (χ3v) is 15.1. The van der Waals surface area contributed by atoms with Crippen molar-refractivity contribution in [3.8, 4) is 0 Å². The van der Waals surface area contributed by atoms with Gasteiger partial charge >= 0.3 is 19.8 Å². The van der Waals surface area contributed by atoms with Gasteiger partial charge in [-0.3, -0.25) is 18.6 Å². The van der Waals surface area contributed by atoms with Gasteiger partial charge in [0.1, 0.15) is 19.8 Å². The molecule has 9 nitrogen and oxygen atoms in total. The van der Waals surface area contributed by atoms with Gasteiger partial charge in [-0.1, -0.05) is 278 Å². The Bertz CT molecular complexity index is 1670. The maximum atomic E-state index is 12.8. The Kier molecular flexibility index (Phi) is 58.2. The summed E-state index contributed by atoms with van der Waals surface area (Å²) in [6.07, 6.45) is 83.7. The molecule has 0 amide bonds. The summed E-state index contributed by atoms with van der Waals surface area (Å²) >= 11 is 0. The van der Waals surface area contributed by atoms with Crippen molar-refractivity contribution in [1.82, 2.24) is 0 Å². The Morgan fingerprint density at radius 1 is 0.388 bits per heavy atom. The van der Waals surface area contributed by atoms with Crippen LogP contribution in [-0.4, -0.2) is 74.9 Å². The molecular weight excluding hydrogens is 1010 g/mol. The van der Waals surface area contributed by atoms with Gasteiger partial charge in [0.25, 0.3) is 0 Å². The van der Waals surface area contributed by atoms with E-state index in [1.54, 1.807) is 0 Å². The third-order valence-electron chi connectivity index (χ3n) is 14.1. The molecule has 0 fully saturated rings. The van der Waals surface area contributed by atoms with Gasteiger partial charge in [0.05, 0.1) is 27.7 Å². The molecule has 2 unspecified atom stereocenters. The van der Waals surface area contributed by atoms with Crippen LogP contribution in [0.2, 0.25) is 0 Å². The fourth-order valence-electron chi connectivity index (χ4n) is 9.12. The summed E-state index contributed by atoms with van der Waals surface area (Å²) in [5.74, 6) is -0.802. The summed E-state index contributed by atoms with van der Waals surface area (Å²) in [7, 11) is 1.47. The molecule has 0 aliphatic carbocycles. The normalized spacial score (nSPS) is 13.8. The minimum atomic E-state index is -4.39. The van der Waals surface area contributed by atoms with Gasteiger partial charge in [-0.15, -0.1) is 0 Å².